The van der Waals surface area contributed by atoms with Crippen molar-refractivity contribution in [1.29, 1.82) is 0 Å². The van der Waals surface area contributed by atoms with E-state index in [1.807, 2.05) is 35.9 Å². The topological polar surface area (TPSA) is 46.4 Å². The lowest BCUT2D eigenvalue weighted by Crippen LogP contribution is -2.21. The van der Waals surface area contributed by atoms with E-state index in [1.54, 1.807) is 24.3 Å². The standard InChI is InChI=1S/C17H14F3N3O/c1-11-4-3-7-23-10-14(22-16(11)23)12-5-2-6-13(8-12)21-15(24)9-17(18,19)20/h2-8,10H,9H2,1H3,(H,21,24). The summed E-state index contributed by atoms with van der Waals surface area (Å²) in [7, 11) is 0. The van der Waals surface area contributed by atoms with Gasteiger partial charge in [-0.25, -0.2) is 4.98 Å². The second-order valence-electron chi connectivity index (χ2n) is 5.47. The van der Waals surface area contributed by atoms with E-state index in [1.165, 1.54) is 0 Å². The number of aromatic nitrogens is 2. The van der Waals surface area contributed by atoms with E-state index in [4.69, 9.17) is 0 Å². The maximum Gasteiger partial charge on any atom is 0.397 e. The Balaban J connectivity index is 1.87. The number of pyridine rings is 1. The molecule has 0 saturated carbocycles. The van der Waals surface area contributed by atoms with Crippen molar-refractivity contribution < 1.29 is 18.0 Å². The maximum atomic E-state index is 12.2. The molecule has 3 aromatic rings. The molecular weight excluding hydrogens is 319 g/mol. The van der Waals surface area contributed by atoms with Gasteiger partial charge in [0.15, 0.2) is 0 Å². The highest BCUT2D eigenvalue weighted by molar-refractivity contribution is 5.91. The minimum absolute atomic E-state index is 0.301. The zero-order chi connectivity index (χ0) is 17.3. The molecule has 1 N–H and O–H groups in total. The van der Waals surface area contributed by atoms with Gasteiger partial charge in [0, 0.05) is 23.6 Å². The van der Waals surface area contributed by atoms with E-state index in [2.05, 4.69) is 10.3 Å². The molecule has 2 aromatic heterocycles. The van der Waals surface area contributed by atoms with E-state index in [9.17, 15) is 18.0 Å². The molecule has 2 heterocycles. The number of anilines is 1. The van der Waals surface area contributed by atoms with Crippen molar-refractivity contribution in [3.05, 3.63) is 54.4 Å². The zero-order valence-electron chi connectivity index (χ0n) is 12.8. The van der Waals surface area contributed by atoms with Gasteiger partial charge in [-0.1, -0.05) is 18.2 Å². The quantitative estimate of drug-likeness (QED) is 0.781. The van der Waals surface area contributed by atoms with Gasteiger partial charge in [0.2, 0.25) is 5.91 Å². The van der Waals surface area contributed by atoms with Gasteiger partial charge in [0.05, 0.1) is 5.69 Å². The molecule has 3 rings (SSSR count). The van der Waals surface area contributed by atoms with Crippen molar-refractivity contribution >= 4 is 17.2 Å². The molecule has 24 heavy (non-hydrogen) atoms. The van der Waals surface area contributed by atoms with Crippen molar-refractivity contribution in [3.63, 3.8) is 0 Å². The van der Waals surface area contributed by atoms with Crippen LogP contribution in [0.15, 0.2) is 48.8 Å². The molecule has 0 saturated heterocycles. The molecule has 0 aliphatic heterocycles. The molecule has 4 nitrogen and oxygen atoms in total. The number of carbonyl (C=O) groups excluding carboxylic acids is 1. The first-order chi connectivity index (χ1) is 11.3. The van der Waals surface area contributed by atoms with Crippen LogP contribution in [0.2, 0.25) is 0 Å². The number of hydrogen-bond acceptors (Lipinski definition) is 2. The highest BCUT2D eigenvalue weighted by Crippen LogP contribution is 2.25. The van der Waals surface area contributed by atoms with Crippen molar-refractivity contribution in [3.8, 4) is 11.3 Å². The summed E-state index contributed by atoms with van der Waals surface area (Å²) >= 11 is 0. The molecule has 0 bridgehead atoms. The van der Waals surface area contributed by atoms with Gasteiger partial charge < -0.3 is 9.72 Å². The summed E-state index contributed by atoms with van der Waals surface area (Å²) in [4.78, 5) is 15.9. The third-order valence-electron chi connectivity index (χ3n) is 3.48. The Morgan fingerprint density at radius 2 is 2.04 bits per heavy atom. The third-order valence-corrected chi connectivity index (χ3v) is 3.48. The van der Waals surface area contributed by atoms with Crippen LogP contribution in [-0.4, -0.2) is 21.5 Å². The highest BCUT2D eigenvalue weighted by Gasteiger charge is 2.31. The fourth-order valence-electron chi connectivity index (χ4n) is 2.44. The third kappa shape index (κ3) is 3.56. The van der Waals surface area contributed by atoms with Crippen LogP contribution in [0.1, 0.15) is 12.0 Å². The highest BCUT2D eigenvalue weighted by atomic mass is 19.4. The molecule has 0 fully saturated rings. The summed E-state index contributed by atoms with van der Waals surface area (Å²) < 4.78 is 38.6. The molecule has 1 amide bonds. The minimum atomic E-state index is -4.53. The fraction of sp³-hybridized carbons (Fsp3) is 0.176. The summed E-state index contributed by atoms with van der Waals surface area (Å²) in [6, 6.07) is 10.4. The van der Waals surface area contributed by atoms with Gasteiger partial charge in [-0.2, -0.15) is 13.2 Å². The maximum absolute atomic E-state index is 12.2. The lowest BCUT2D eigenvalue weighted by molar-refractivity contribution is -0.150. The van der Waals surface area contributed by atoms with Crippen LogP contribution in [0.25, 0.3) is 16.9 Å². The van der Waals surface area contributed by atoms with Gasteiger partial charge in [0.25, 0.3) is 0 Å². The number of imidazole rings is 1. The summed E-state index contributed by atoms with van der Waals surface area (Å²) in [5.74, 6) is -1.09. The van der Waals surface area contributed by atoms with E-state index < -0.39 is 18.5 Å². The fourth-order valence-corrected chi connectivity index (χ4v) is 2.44. The molecule has 1 aromatic carbocycles. The molecule has 0 atom stereocenters. The average molecular weight is 333 g/mol. The number of benzene rings is 1. The molecule has 0 aliphatic rings. The van der Waals surface area contributed by atoms with Crippen molar-refractivity contribution in [2.24, 2.45) is 0 Å². The van der Waals surface area contributed by atoms with Gasteiger partial charge in [0.1, 0.15) is 12.1 Å². The van der Waals surface area contributed by atoms with Crippen LogP contribution < -0.4 is 5.32 Å². The Morgan fingerprint density at radius 3 is 2.75 bits per heavy atom. The lowest BCUT2D eigenvalue weighted by atomic mass is 10.1. The van der Waals surface area contributed by atoms with Crippen LogP contribution >= 0.6 is 0 Å². The molecule has 0 spiro atoms. The Kier molecular flexibility index (Phi) is 4.01. The average Bonchev–Trinajstić information content (AvgIpc) is 2.91. The zero-order valence-corrected chi connectivity index (χ0v) is 12.8. The molecule has 7 heteroatoms. The number of aryl methyl sites for hydroxylation is 1. The smallest absolute Gasteiger partial charge is 0.326 e. The Labute approximate surface area is 135 Å². The summed E-state index contributed by atoms with van der Waals surface area (Å²) in [6.07, 6.45) is -2.33. The van der Waals surface area contributed by atoms with E-state index in [0.717, 1.165) is 11.2 Å². The van der Waals surface area contributed by atoms with Crippen LogP contribution in [0.5, 0.6) is 0 Å². The SMILES string of the molecule is Cc1cccn2cc(-c3cccc(NC(=O)CC(F)(F)F)c3)nc12. The van der Waals surface area contributed by atoms with Crippen LogP contribution in [-0.2, 0) is 4.79 Å². The Hall–Kier alpha value is -2.83. The Bertz CT molecular complexity index is 899. The first-order valence-corrected chi connectivity index (χ1v) is 7.23. The van der Waals surface area contributed by atoms with Gasteiger partial charge in [-0.15, -0.1) is 0 Å². The molecule has 0 aliphatic carbocycles. The van der Waals surface area contributed by atoms with E-state index in [0.29, 0.717) is 16.9 Å². The predicted molar refractivity (Wildman–Crippen MR) is 84.7 cm³/mol. The summed E-state index contributed by atoms with van der Waals surface area (Å²) in [5, 5.41) is 2.26. The first-order valence-electron chi connectivity index (χ1n) is 7.23. The van der Waals surface area contributed by atoms with Gasteiger partial charge >= 0.3 is 6.18 Å². The van der Waals surface area contributed by atoms with Crippen molar-refractivity contribution in [1.82, 2.24) is 9.38 Å². The number of nitrogens with zero attached hydrogens (tertiary/aromatic N) is 2. The van der Waals surface area contributed by atoms with Crippen LogP contribution in [0.3, 0.4) is 0 Å². The van der Waals surface area contributed by atoms with Crippen molar-refractivity contribution in [2.45, 2.75) is 19.5 Å². The predicted octanol–water partition coefficient (Wildman–Crippen LogP) is 4.20. The molecule has 0 unspecified atom stereocenters. The number of carbonyl (C=O) groups is 1. The lowest BCUT2D eigenvalue weighted by Gasteiger charge is -2.08. The van der Waals surface area contributed by atoms with Gasteiger partial charge in [-0.05, 0) is 30.7 Å². The van der Waals surface area contributed by atoms with E-state index >= 15 is 0 Å². The second kappa shape index (κ2) is 5.99. The monoisotopic (exact) mass is 333 g/mol. The summed E-state index contributed by atoms with van der Waals surface area (Å²) in [6.45, 7) is 1.94. The number of halogens is 3. The largest absolute Gasteiger partial charge is 0.397 e. The number of hydrogen-bond donors (Lipinski definition) is 1. The molecule has 0 radical (unpaired) electrons. The number of alkyl halides is 3. The number of fused-ring (bicyclic) bond motifs is 1. The summed E-state index contributed by atoms with van der Waals surface area (Å²) in [5.41, 5.74) is 3.51. The molecular formula is C17H14F3N3O. The second-order valence-corrected chi connectivity index (χ2v) is 5.47. The first kappa shape index (κ1) is 16.0. The Morgan fingerprint density at radius 1 is 1.25 bits per heavy atom. The van der Waals surface area contributed by atoms with E-state index in [-0.39, 0.29) is 0 Å². The number of rotatable bonds is 3. The number of amides is 1. The number of nitrogens with one attached hydrogen (secondary N) is 1. The van der Waals surface area contributed by atoms with Gasteiger partial charge in [-0.3, -0.25) is 4.79 Å². The van der Waals surface area contributed by atoms with Crippen molar-refractivity contribution in [2.75, 3.05) is 5.32 Å². The van der Waals surface area contributed by atoms with Crippen LogP contribution in [0.4, 0.5) is 18.9 Å². The minimum Gasteiger partial charge on any atom is -0.326 e. The normalized spacial score (nSPS) is 11.7. The van der Waals surface area contributed by atoms with Crippen LogP contribution in [0, 0.1) is 6.92 Å². The molecule has 124 valence electrons.